The second-order valence-corrected chi connectivity index (χ2v) is 7.21. The smallest absolute Gasteiger partial charge is 0.264 e. The average molecular weight is 393 g/mol. The Morgan fingerprint density at radius 1 is 1.08 bits per heavy atom. The van der Waals surface area contributed by atoms with E-state index in [-0.39, 0.29) is 23.8 Å². The summed E-state index contributed by atoms with van der Waals surface area (Å²) in [6.07, 6.45) is 0. The number of anilines is 1. The van der Waals surface area contributed by atoms with E-state index in [4.69, 9.17) is 4.74 Å². The Morgan fingerprint density at radius 3 is 2.54 bits per heavy atom. The lowest BCUT2D eigenvalue weighted by Crippen LogP contribution is -2.20. The third-order valence-corrected chi connectivity index (χ3v) is 5.17. The highest BCUT2D eigenvalue weighted by Crippen LogP contribution is 2.29. The zero-order valence-corrected chi connectivity index (χ0v) is 14.9. The number of thioether (sulfide) groups is 1. The summed E-state index contributed by atoms with van der Waals surface area (Å²) in [6, 6.07) is 12.7. The summed E-state index contributed by atoms with van der Waals surface area (Å²) in [4.78, 5) is 11.9. The Bertz CT molecular complexity index is 870. The molecule has 5 nitrogen and oxygen atoms in total. The Kier molecular flexibility index (Phi) is 6.13. The van der Waals surface area contributed by atoms with Crippen LogP contribution in [0.5, 0.6) is 5.75 Å². The molecule has 0 atom stereocenters. The molecular formula is C17H13F2N3O2S2. The minimum Gasteiger partial charge on any atom is -0.484 e. The van der Waals surface area contributed by atoms with Crippen molar-refractivity contribution in [2.45, 2.75) is 10.1 Å². The largest absolute Gasteiger partial charge is 0.484 e. The van der Waals surface area contributed by atoms with E-state index in [1.807, 2.05) is 6.07 Å². The number of para-hydroxylation sites is 1. The molecule has 3 rings (SSSR count). The summed E-state index contributed by atoms with van der Waals surface area (Å²) in [5.41, 5.74) is -0.0189. The number of hydrogen-bond acceptors (Lipinski definition) is 6. The van der Waals surface area contributed by atoms with E-state index >= 15 is 0 Å². The van der Waals surface area contributed by atoms with Crippen LogP contribution >= 0.6 is 23.1 Å². The molecule has 0 saturated heterocycles. The molecule has 26 heavy (non-hydrogen) atoms. The van der Waals surface area contributed by atoms with Crippen molar-refractivity contribution in [1.29, 1.82) is 0 Å². The van der Waals surface area contributed by atoms with Gasteiger partial charge >= 0.3 is 0 Å². The van der Waals surface area contributed by atoms with Gasteiger partial charge in [0.2, 0.25) is 5.13 Å². The standard InChI is InChI=1S/C17H13F2N3O2S2/c18-13-7-4-8-14(19)12(13)10-25-17-22-21-16(26-17)20-15(23)9-24-11-5-2-1-3-6-11/h1-8H,9-10H2,(H,20,21,23). The van der Waals surface area contributed by atoms with E-state index in [0.717, 1.165) is 23.1 Å². The molecule has 0 spiro atoms. The molecular weight excluding hydrogens is 380 g/mol. The van der Waals surface area contributed by atoms with Crippen molar-refractivity contribution < 1.29 is 18.3 Å². The monoisotopic (exact) mass is 393 g/mol. The number of amides is 1. The number of carbonyl (C=O) groups is 1. The summed E-state index contributed by atoms with van der Waals surface area (Å²) < 4.78 is 33.0. The predicted octanol–water partition coefficient (Wildman–Crippen LogP) is 4.13. The van der Waals surface area contributed by atoms with Crippen LogP contribution in [-0.2, 0) is 10.5 Å². The van der Waals surface area contributed by atoms with Crippen LogP contribution in [0.2, 0.25) is 0 Å². The van der Waals surface area contributed by atoms with Crippen LogP contribution in [0, 0.1) is 11.6 Å². The van der Waals surface area contributed by atoms with Crippen molar-refractivity contribution in [2.24, 2.45) is 0 Å². The first-order chi connectivity index (χ1) is 12.6. The summed E-state index contributed by atoms with van der Waals surface area (Å²) in [6.45, 7) is -0.160. The molecule has 1 amide bonds. The SMILES string of the molecule is O=C(COc1ccccc1)Nc1nnc(SCc2c(F)cccc2F)s1. The number of ether oxygens (including phenoxy) is 1. The lowest BCUT2D eigenvalue weighted by atomic mass is 10.2. The fourth-order valence-corrected chi connectivity index (χ4v) is 3.73. The van der Waals surface area contributed by atoms with E-state index in [0.29, 0.717) is 15.2 Å². The van der Waals surface area contributed by atoms with Gasteiger partial charge in [0.1, 0.15) is 17.4 Å². The van der Waals surface area contributed by atoms with Crippen molar-refractivity contribution in [3.63, 3.8) is 0 Å². The number of hydrogen-bond donors (Lipinski definition) is 1. The molecule has 2 aromatic carbocycles. The molecule has 1 aromatic heterocycles. The van der Waals surface area contributed by atoms with Gasteiger partial charge in [-0.3, -0.25) is 10.1 Å². The molecule has 0 saturated carbocycles. The van der Waals surface area contributed by atoms with Crippen LogP contribution in [0.4, 0.5) is 13.9 Å². The molecule has 134 valence electrons. The summed E-state index contributed by atoms with van der Waals surface area (Å²) in [5, 5.41) is 10.6. The van der Waals surface area contributed by atoms with E-state index in [1.165, 1.54) is 18.2 Å². The van der Waals surface area contributed by atoms with Gasteiger partial charge in [0.05, 0.1) is 0 Å². The maximum atomic E-state index is 13.6. The van der Waals surface area contributed by atoms with Crippen molar-refractivity contribution >= 4 is 34.1 Å². The Hall–Kier alpha value is -2.52. The molecule has 0 aliphatic heterocycles. The molecule has 9 heteroatoms. The molecule has 0 aliphatic rings. The van der Waals surface area contributed by atoms with E-state index < -0.39 is 11.6 Å². The number of aromatic nitrogens is 2. The maximum absolute atomic E-state index is 13.6. The van der Waals surface area contributed by atoms with Gasteiger partial charge in [0.15, 0.2) is 10.9 Å². The molecule has 3 aromatic rings. The molecule has 0 bridgehead atoms. The Morgan fingerprint density at radius 2 is 1.81 bits per heavy atom. The quantitative estimate of drug-likeness (QED) is 0.483. The topological polar surface area (TPSA) is 64.1 Å². The van der Waals surface area contributed by atoms with Crippen LogP contribution in [0.1, 0.15) is 5.56 Å². The highest BCUT2D eigenvalue weighted by molar-refractivity contribution is 8.00. The second kappa shape index (κ2) is 8.72. The highest BCUT2D eigenvalue weighted by atomic mass is 32.2. The zero-order chi connectivity index (χ0) is 18.4. The van der Waals surface area contributed by atoms with Gasteiger partial charge in [-0.25, -0.2) is 8.78 Å². The van der Waals surface area contributed by atoms with Crippen LogP contribution in [0.25, 0.3) is 0 Å². The normalized spacial score (nSPS) is 10.5. The number of benzene rings is 2. The predicted molar refractivity (Wildman–Crippen MR) is 96.4 cm³/mol. The maximum Gasteiger partial charge on any atom is 0.264 e. The summed E-state index contributed by atoms with van der Waals surface area (Å²) >= 11 is 2.26. The summed E-state index contributed by atoms with van der Waals surface area (Å²) in [7, 11) is 0. The molecule has 1 heterocycles. The van der Waals surface area contributed by atoms with Gasteiger partial charge in [0.25, 0.3) is 5.91 Å². The highest BCUT2D eigenvalue weighted by Gasteiger charge is 2.12. The van der Waals surface area contributed by atoms with Gasteiger partial charge in [-0.2, -0.15) is 0 Å². The molecule has 1 N–H and O–H groups in total. The first kappa shape index (κ1) is 18.3. The van der Waals surface area contributed by atoms with Gasteiger partial charge in [-0.15, -0.1) is 10.2 Å². The fraction of sp³-hybridized carbons (Fsp3) is 0.118. The van der Waals surface area contributed by atoms with Gasteiger partial charge < -0.3 is 4.74 Å². The van der Waals surface area contributed by atoms with Crippen molar-refractivity contribution in [2.75, 3.05) is 11.9 Å². The first-order valence-electron chi connectivity index (χ1n) is 7.48. The van der Waals surface area contributed by atoms with E-state index in [2.05, 4.69) is 15.5 Å². The van der Waals surface area contributed by atoms with Crippen molar-refractivity contribution in [1.82, 2.24) is 10.2 Å². The van der Waals surface area contributed by atoms with Gasteiger partial charge in [-0.05, 0) is 24.3 Å². The summed E-state index contributed by atoms with van der Waals surface area (Å²) in [5.74, 6) is -0.912. The minimum absolute atomic E-state index is 0.0189. The molecule has 0 fully saturated rings. The molecule has 0 aliphatic carbocycles. The lowest BCUT2D eigenvalue weighted by Gasteiger charge is -2.04. The third-order valence-electron chi connectivity index (χ3n) is 3.17. The number of halogens is 2. The fourth-order valence-electron chi connectivity index (χ4n) is 1.94. The number of carbonyl (C=O) groups excluding carboxylic acids is 1. The molecule has 0 unspecified atom stereocenters. The van der Waals surface area contributed by atoms with Crippen LogP contribution in [0.3, 0.4) is 0 Å². The average Bonchev–Trinajstić information content (AvgIpc) is 3.08. The van der Waals surface area contributed by atoms with Crippen molar-refractivity contribution in [3.8, 4) is 5.75 Å². The minimum atomic E-state index is -0.603. The van der Waals surface area contributed by atoms with E-state index in [1.54, 1.807) is 24.3 Å². The van der Waals surface area contributed by atoms with Crippen LogP contribution in [-0.4, -0.2) is 22.7 Å². The lowest BCUT2D eigenvalue weighted by molar-refractivity contribution is -0.118. The number of nitrogens with one attached hydrogen (secondary N) is 1. The Balaban J connectivity index is 1.50. The van der Waals surface area contributed by atoms with Gasteiger partial charge in [0, 0.05) is 11.3 Å². The third kappa shape index (κ3) is 4.99. The van der Waals surface area contributed by atoms with Crippen LogP contribution in [0.15, 0.2) is 52.9 Å². The number of rotatable bonds is 7. The molecule has 0 radical (unpaired) electrons. The van der Waals surface area contributed by atoms with E-state index in [9.17, 15) is 13.6 Å². The van der Waals surface area contributed by atoms with Gasteiger partial charge in [-0.1, -0.05) is 47.4 Å². The zero-order valence-electron chi connectivity index (χ0n) is 13.3. The second-order valence-electron chi connectivity index (χ2n) is 5.01. The number of nitrogens with zero attached hydrogens (tertiary/aromatic N) is 2. The Labute approximate surface area is 156 Å². The van der Waals surface area contributed by atoms with Crippen molar-refractivity contribution in [3.05, 3.63) is 65.7 Å². The first-order valence-corrected chi connectivity index (χ1v) is 9.29. The van der Waals surface area contributed by atoms with Crippen LogP contribution < -0.4 is 10.1 Å².